The van der Waals surface area contributed by atoms with Crippen molar-refractivity contribution in [1.29, 1.82) is 0 Å². The summed E-state index contributed by atoms with van der Waals surface area (Å²) in [6, 6.07) is 13.8. The number of hydrogen-bond acceptors (Lipinski definition) is 5. The number of hydrogen-bond donors (Lipinski definition) is 0. The molecule has 0 aliphatic rings. The van der Waals surface area contributed by atoms with Gasteiger partial charge in [0.05, 0.1) is 12.9 Å². The van der Waals surface area contributed by atoms with E-state index >= 15 is 0 Å². The second-order valence-corrected chi connectivity index (χ2v) is 8.36. The maximum absolute atomic E-state index is 13.1. The maximum Gasteiger partial charge on any atom is 0.308 e. The van der Waals surface area contributed by atoms with Gasteiger partial charge in [0.15, 0.2) is 0 Å². The van der Waals surface area contributed by atoms with E-state index in [4.69, 9.17) is 8.92 Å². The second kappa shape index (κ2) is 9.59. The van der Waals surface area contributed by atoms with E-state index in [1.807, 2.05) is 19.9 Å². The number of rotatable bonds is 9. The van der Waals surface area contributed by atoms with Crippen LogP contribution in [-0.2, 0) is 16.7 Å². The standard InChI is InChI=1S/C21H27NO5S/c1-5-16(3)22(21(23)18-10-12-19(26-4)13-11-18)15-17-8-7-9-20(14-17)27-28(24,25)6-2/h7-14,16H,5-6,15H2,1-4H3/t16-/m0/s1. The monoisotopic (exact) mass is 405 g/mol. The summed E-state index contributed by atoms with van der Waals surface area (Å²) in [5, 5.41) is 0. The lowest BCUT2D eigenvalue weighted by Gasteiger charge is -2.29. The fourth-order valence-corrected chi connectivity index (χ4v) is 3.16. The first-order valence-electron chi connectivity index (χ1n) is 9.25. The summed E-state index contributed by atoms with van der Waals surface area (Å²) in [5.74, 6) is 0.741. The van der Waals surface area contributed by atoms with Gasteiger partial charge in [0, 0.05) is 18.2 Å². The molecule has 0 bridgehead atoms. The van der Waals surface area contributed by atoms with E-state index in [1.54, 1.807) is 54.5 Å². The molecule has 0 radical (unpaired) electrons. The van der Waals surface area contributed by atoms with Gasteiger partial charge >= 0.3 is 10.1 Å². The van der Waals surface area contributed by atoms with E-state index in [9.17, 15) is 13.2 Å². The Morgan fingerprint density at radius 1 is 1.07 bits per heavy atom. The number of nitrogens with zero attached hydrogens (tertiary/aromatic N) is 1. The van der Waals surface area contributed by atoms with Crippen molar-refractivity contribution >= 4 is 16.0 Å². The third-order valence-electron chi connectivity index (χ3n) is 4.55. The Hall–Kier alpha value is -2.54. The minimum atomic E-state index is -3.60. The van der Waals surface area contributed by atoms with Gasteiger partial charge in [0.2, 0.25) is 0 Å². The highest BCUT2D eigenvalue weighted by molar-refractivity contribution is 7.87. The molecular formula is C21H27NO5S. The highest BCUT2D eigenvalue weighted by atomic mass is 32.2. The average molecular weight is 406 g/mol. The van der Waals surface area contributed by atoms with Gasteiger partial charge in [-0.25, -0.2) is 0 Å². The van der Waals surface area contributed by atoms with Gasteiger partial charge in [-0.3, -0.25) is 4.79 Å². The zero-order valence-corrected chi connectivity index (χ0v) is 17.5. The van der Waals surface area contributed by atoms with Crippen LogP contribution in [0.2, 0.25) is 0 Å². The first-order chi connectivity index (χ1) is 13.3. The van der Waals surface area contributed by atoms with Crippen LogP contribution in [0.3, 0.4) is 0 Å². The molecule has 0 N–H and O–H groups in total. The Labute approximate surface area is 167 Å². The highest BCUT2D eigenvalue weighted by Crippen LogP contribution is 2.21. The Bertz CT molecular complexity index is 893. The molecule has 0 saturated heterocycles. The van der Waals surface area contributed by atoms with Gasteiger partial charge < -0.3 is 13.8 Å². The summed E-state index contributed by atoms with van der Waals surface area (Å²) in [4.78, 5) is 14.8. The summed E-state index contributed by atoms with van der Waals surface area (Å²) in [6.07, 6.45) is 0.794. The molecular weight excluding hydrogens is 378 g/mol. The molecule has 6 nitrogen and oxygen atoms in total. The minimum absolute atomic E-state index is 0.0125. The third kappa shape index (κ3) is 5.73. The molecule has 28 heavy (non-hydrogen) atoms. The molecule has 1 amide bonds. The zero-order valence-electron chi connectivity index (χ0n) is 16.7. The van der Waals surface area contributed by atoms with Crippen LogP contribution in [0.5, 0.6) is 11.5 Å². The molecule has 0 aromatic heterocycles. The molecule has 0 unspecified atom stereocenters. The van der Waals surface area contributed by atoms with Crippen LogP contribution in [0.4, 0.5) is 0 Å². The van der Waals surface area contributed by atoms with Gasteiger partial charge in [-0.05, 0) is 62.2 Å². The smallest absolute Gasteiger partial charge is 0.308 e. The van der Waals surface area contributed by atoms with Gasteiger partial charge in [0.25, 0.3) is 5.91 Å². The molecule has 0 fully saturated rings. The van der Waals surface area contributed by atoms with Crippen molar-refractivity contribution in [3.63, 3.8) is 0 Å². The Morgan fingerprint density at radius 3 is 2.32 bits per heavy atom. The van der Waals surface area contributed by atoms with Crippen LogP contribution >= 0.6 is 0 Å². The van der Waals surface area contributed by atoms with Crippen molar-refractivity contribution in [2.75, 3.05) is 12.9 Å². The van der Waals surface area contributed by atoms with Crippen LogP contribution in [-0.4, -0.2) is 38.1 Å². The summed E-state index contributed by atoms with van der Waals surface area (Å²) in [6.45, 7) is 5.89. The lowest BCUT2D eigenvalue weighted by Crippen LogP contribution is -2.37. The van der Waals surface area contributed by atoms with Crippen molar-refractivity contribution in [1.82, 2.24) is 4.90 Å². The first-order valence-corrected chi connectivity index (χ1v) is 10.8. The molecule has 0 saturated carbocycles. The summed E-state index contributed by atoms with van der Waals surface area (Å²) in [7, 11) is -2.02. The van der Waals surface area contributed by atoms with Gasteiger partial charge in [-0.1, -0.05) is 19.1 Å². The fraction of sp³-hybridized carbons (Fsp3) is 0.381. The van der Waals surface area contributed by atoms with E-state index in [1.165, 1.54) is 6.92 Å². The van der Waals surface area contributed by atoms with Crippen molar-refractivity contribution in [2.45, 2.75) is 39.8 Å². The van der Waals surface area contributed by atoms with E-state index in [2.05, 4.69) is 0 Å². The Morgan fingerprint density at radius 2 is 1.75 bits per heavy atom. The Balaban J connectivity index is 2.25. The zero-order chi connectivity index (χ0) is 20.7. The fourth-order valence-electron chi connectivity index (χ4n) is 2.65. The van der Waals surface area contributed by atoms with Crippen LogP contribution in [0.1, 0.15) is 43.1 Å². The molecule has 7 heteroatoms. The number of ether oxygens (including phenoxy) is 1. The van der Waals surface area contributed by atoms with E-state index in [-0.39, 0.29) is 23.5 Å². The predicted octanol–water partition coefficient (Wildman–Crippen LogP) is 3.86. The van der Waals surface area contributed by atoms with E-state index in [0.717, 1.165) is 12.0 Å². The summed E-state index contributed by atoms with van der Waals surface area (Å²) in [5.41, 5.74) is 1.37. The number of carbonyl (C=O) groups excluding carboxylic acids is 1. The topological polar surface area (TPSA) is 72.9 Å². The largest absolute Gasteiger partial charge is 0.497 e. The molecule has 0 aliphatic heterocycles. The molecule has 0 heterocycles. The normalized spacial score (nSPS) is 12.3. The van der Waals surface area contributed by atoms with E-state index in [0.29, 0.717) is 17.9 Å². The number of amides is 1. The summed E-state index contributed by atoms with van der Waals surface area (Å²) < 4.78 is 33.6. The molecule has 2 aromatic rings. The maximum atomic E-state index is 13.1. The predicted molar refractivity (Wildman–Crippen MR) is 109 cm³/mol. The van der Waals surface area contributed by atoms with Crippen LogP contribution in [0, 0.1) is 0 Å². The van der Waals surface area contributed by atoms with Crippen molar-refractivity contribution in [3.05, 3.63) is 59.7 Å². The SMILES string of the molecule is CC[C@H](C)N(Cc1cccc(OS(=O)(=O)CC)c1)C(=O)c1ccc(OC)cc1. The highest BCUT2D eigenvalue weighted by Gasteiger charge is 2.21. The second-order valence-electron chi connectivity index (χ2n) is 6.50. The van der Waals surface area contributed by atoms with Crippen molar-refractivity contribution < 1.29 is 22.1 Å². The summed E-state index contributed by atoms with van der Waals surface area (Å²) >= 11 is 0. The number of benzene rings is 2. The lowest BCUT2D eigenvalue weighted by atomic mass is 10.1. The minimum Gasteiger partial charge on any atom is -0.497 e. The van der Waals surface area contributed by atoms with Crippen LogP contribution in [0.15, 0.2) is 48.5 Å². The van der Waals surface area contributed by atoms with Crippen LogP contribution < -0.4 is 8.92 Å². The quantitative estimate of drug-likeness (QED) is 0.592. The first kappa shape index (κ1) is 21.8. The van der Waals surface area contributed by atoms with Gasteiger partial charge in [0.1, 0.15) is 11.5 Å². The third-order valence-corrected chi connectivity index (χ3v) is 5.70. The Kier molecular flexibility index (Phi) is 7.45. The molecule has 2 rings (SSSR count). The van der Waals surface area contributed by atoms with E-state index < -0.39 is 10.1 Å². The molecule has 0 spiro atoms. The van der Waals surface area contributed by atoms with Crippen molar-refractivity contribution in [3.8, 4) is 11.5 Å². The molecule has 0 aliphatic carbocycles. The van der Waals surface area contributed by atoms with Crippen LogP contribution in [0.25, 0.3) is 0 Å². The van der Waals surface area contributed by atoms with Gasteiger partial charge in [-0.15, -0.1) is 0 Å². The van der Waals surface area contributed by atoms with Gasteiger partial charge in [-0.2, -0.15) is 8.42 Å². The van der Waals surface area contributed by atoms with Crippen molar-refractivity contribution in [2.24, 2.45) is 0 Å². The molecule has 2 aromatic carbocycles. The molecule has 152 valence electrons. The number of carbonyl (C=O) groups is 1. The average Bonchev–Trinajstić information content (AvgIpc) is 2.71. The lowest BCUT2D eigenvalue weighted by molar-refractivity contribution is 0.0671. The number of methoxy groups -OCH3 is 1. The molecule has 1 atom stereocenters.